The number of nitrogens with one attached hydrogen (secondary N) is 1. The third kappa shape index (κ3) is 3.38. The Morgan fingerprint density at radius 3 is 2.46 bits per heavy atom. The van der Waals surface area contributed by atoms with Crippen LogP contribution in [0, 0.1) is 11.6 Å². The topological polar surface area (TPSA) is 62.8 Å². The number of rotatable bonds is 3. The van der Waals surface area contributed by atoms with E-state index in [-0.39, 0.29) is 33.2 Å². The Morgan fingerprint density at radius 2 is 1.81 bits per heavy atom. The lowest BCUT2D eigenvalue weighted by atomic mass is 10.1. The lowest BCUT2D eigenvalue weighted by Crippen LogP contribution is -2.12. The molecule has 4 nitrogen and oxygen atoms in total. The summed E-state index contributed by atoms with van der Waals surface area (Å²) in [6.07, 6.45) is -3.99. The average Bonchev–Trinajstić information content (AvgIpc) is 2.93. The minimum Gasteiger partial charge on any atom is -0.345 e. The van der Waals surface area contributed by atoms with E-state index in [2.05, 4.69) is 9.97 Å². The van der Waals surface area contributed by atoms with Gasteiger partial charge in [-0.05, 0) is 24.3 Å². The SMILES string of the molecule is O=S(=O)(Cc1cc(F)c(C(F)(F)F)cc1F)c1c[nH]c2nc(Cl)ccc12. The summed E-state index contributed by atoms with van der Waals surface area (Å²) in [7, 11) is -4.20. The van der Waals surface area contributed by atoms with Gasteiger partial charge in [0.25, 0.3) is 0 Å². The highest BCUT2D eigenvalue weighted by molar-refractivity contribution is 7.90. The highest BCUT2D eigenvalue weighted by atomic mass is 35.5. The van der Waals surface area contributed by atoms with Crippen LogP contribution in [-0.2, 0) is 21.8 Å². The summed E-state index contributed by atoms with van der Waals surface area (Å²) in [5, 5.41) is 0.279. The fourth-order valence-corrected chi connectivity index (χ4v) is 4.08. The van der Waals surface area contributed by atoms with Gasteiger partial charge in [0, 0.05) is 17.1 Å². The third-order valence-electron chi connectivity index (χ3n) is 3.59. The summed E-state index contributed by atoms with van der Waals surface area (Å²) in [5.74, 6) is -4.25. The number of sulfone groups is 1. The van der Waals surface area contributed by atoms with Crippen molar-refractivity contribution in [2.45, 2.75) is 16.8 Å². The van der Waals surface area contributed by atoms with E-state index in [1.807, 2.05) is 0 Å². The molecule has 2 aromatic heterocycles. The summed E-state index contributed by atoms with van der Waals surface area (Å²) >= 11 is 5.70. The highest BCUT2D eigenvalue weighted by Crippen LogP contribution is 2.34. The number of hydrogen-bond acceptors (Lipinski definition) is 3. The second-order valence-corrected chi connectivity index (χ2v) is 7.71. The third-order valence-corrected chi connectivity index (χ3v) is 5.50. The molecule has 3 rings (SSSR count). The van der Waals surface area contributed by atoms with Crippen LogP contribution in [0.5, 0.6) is 0 Å². The Bertz CT molecular complexity index is 1110. The summed E-state index contributed by atoms with van der Waals surface area (Å²) in [4.78, 5) is 6.20. The number of aromatic nitrogens is 2. The molecule has 0 atom stereocenters. The van der Waals surface area contributed by atoms with Gasteiger partial charge in [0.1, 0.15) is 22.4 Å². The maximum absolute atomic E-state index is 13.9. The van der Waals surface area contributed by atoms with Crippen molar-refractivity contribution in [2.75, 3.05) is 0 Å². The van der Waals surface area contributed by atoms with Crippen LogP contribution in [0.2, 0.25) is 5.15 Å². The Morgan fingerprint density at radius 1 is 1.12 bits per heavy atom. The average molecular weight is 411 g/mol. The van der Waals surface area contributed by atoms with Crippen LogP contribution in [0.1, 0.15) is 11.1 Å². The first-order chi connectivity index (χ1) is 12.0. The number of aromatic amines is 1. The molecule has 0 amide bonds. The molecule has 26 heavy (non-hydrogen) atoms. The summed E-state index contributed by atoms with van der Waals surface area (Å²) in [6.45, 7) is 0. The molecule has 1 aromatic carbocycles. The van der Waals surface area contributed by atoms with E-state index in [4.69, 9.17) is 11.6 Å². The number of nitrogens with zero attached hydrogens (tertiary/aromatic N) is 1. The second kappa shape index (κ2) is 6.20. The number of halogens is 6. The van der Waals surface area contributed by atoms with E-state index in [1.165, 1.54) is 12.1 Å². The molecule has 0 saturated heterocycles. The minimum absolute atomic E-state index is 0.0588. The van der Waals surface area contributed by atoms with Gasteiger partial charge in [0.15, 0.2) is 9.84 Å². The van der Waals surface area contributed by atoms with Gasteiger partial charge in [0.2, 0.25) is 0 Å². The van der Waals surface area contributed by atoms with Gasteiger partial charge in [0.05, 0.1) is 16.2 Å². The molecule has 2 heterocycles. The van der Waals surface area contributed by atoms with Gasteiger partial charge in [-0.3, -0.25) is 0 Å². The van der Waals surface area contributed by atoms with E-state index in [9.17, 15) is 30.4 Å². The zero-order chi connectivity index (χ0) is 19.3. The maximum Gasteiger partial charge on any atom is 0.419 e. The van der Waals surface area contributed by atoms with E-state index in [0.717, 1.165) is 6.20 Å². The molecule has 0 aliphatic heterocycles. The molecule has 138 valence electrons. The smallest absolute Gasteiger partial charge is 0.345 e. The van der Waals surface area contributed by atoms with Crippen LogP contribution < -0.4 is 0 Å². The monoisotopic (exact) mass is 410 g/mol. The molecule has 0 aliphatic carbocycles. The lowest BCUT2D eigenvalue weighted by molar-refractivity contribution is -0.140. The van der Waals surface area contributed by atoms with Crippen molar-refractivity contribution in [1.29, 1.82) is 0 Å². The fraction of sp³-hybridized carbons (Fsp3) is 0.133. The maximum atomic E-state index is 13.9. The second-order valence-electron chi connectivity index (χ2n) is 5.36. The van der Waals surface area contributed by atoms with Crippen molar-refractivity contribution >= 4 is 32.5 Å². The van der Waals surface area contributed by atoms with Crippen molar-refractivity contribution < 1.29 is 30.4 Å². The molecule has 0 bridgehead atoms. The molecule has 1 N–H and O–H groups in total. The zero-order valence-corrected chi connectivity index (χ0v) is 14.1. The first-order valence-electron chi connectivity index (χ1n) is 6.90. The van der Waals surface area contributed by atoms with Crippen molar-refractivity contribution in [1.82, 2.24) is 9.97 Å². The fourth-order valence-electron chi connectivity index (χ4n) is 2.41. The van der Waals surface area contributed by atoms with Crippen molar-refractivity contribution in [3.8, 4) is 0 Å². The summed E-state index contributed by atoms with van der Waals surface area (Å²) in [5.41, 5.74) is -2.36. The Hall–Kier alpha value is -2.20. The van der Waals surface area contributed by atoms with Gasteiger partial charge in [-0.1, -0.05) is 11.6 Å². The summed E-state index contributed by atoms with van der Waals surface area (Å²) in [6, 6.07) is 2.89. The van der Waals surface area contributed by atoms with Gasteiger partial charge >= 0.3 is 6.18 Å². The quantitative estimate of drug-likeness (QED) is 0.511. The predicted octanol–water partition coefficient (Wildman–Crippen LogP) is 4.49. The Kier molecular flexibility index (Phi) is 4.43. The van der Waals surface area contributed by atoms with Gasteiger partial charge in [-0.2, -0.15) is 13.2 Å². The normalized spacial score (nSPS) is 12.7. The Labute approximate surface area is 148 Å². The molecular formula is C15H8ClF5N2O2S. The lowest BCUT2D eigenvalue weighted by Gasteiger charge is -2.11. The molecule has 3 aromatic rings. The number of pyridine rings is 1. The van der Waals surface area contributed by atoms with Crippen LogP contribution >= 0.6 is 11.6 Å². The number of fused-ring (bicyclic) bond motifs is 1. The molecule has 0 aliphatic rings. The predicted molar refractivity (Wildman–Crippen MR) is 83.4 cm³/mol. The van der Waals surface area contributed by atoms with Crippen LogP contribution in [0.25, 0.3) is 11.0 Å². The molecule has 0 radical (unpaired) electrons. The van der Waals surface area contributed by atoms with Crippen molar-refractivity contribution in [3.63, 3.8) is 0 Å². The van der Waals surface area contributed by atoms with E-state index in [1.54, 1.807) is 0 Å². The number of hydrogen-bond donors (Lipinski definition) is 1. The number of H-pyrrole nitrogens is 1. The van der Waals surface area contributed by atoms with Crippen molar-refractivity contribution in [3.05, 3.63) is 58.4 Å². The van der Waals surface area contributed by atoms with Crippen molar-refractivity contribution in [2.24, 2.45) is 0 Å². The molecule has 0 spiro atoms. The van der Waals surface area contributed by atoms with E-state index >= 15 is 0 Å². The van der Waals surface area contributed by atoms with Gasteiger partial charge in [-0.15, -0.1) is 0 Å². The molecule has 0 fully saturated rings. The van der Waals surface area contributed by atoms with Crippen LogP contribution in [-0.4, -0.2) is 18.4 Å². The molecule has 0 saturated carbocycles. The standard InChI is InChI=1S/C15H8ClF5N2O2S/c16-13-2-1-8-12(5-22-14(8)23-13)26(24,25)6-7-3-11(18)9(4-10(7)17)15(19,20)21/h1-5H,6H2,(H,22,23). The van der Waals surface area contributed by atoms with Gasteiger partial charge < -0.3 is 4.98 Å². The first kappa shape index (κ1) is 18.6. The largest absolute Gasteiger partial charge is 0.419 e. The molecular weight excluding hydrogens is 403 g/mol. The summed E-state index contributed by atoms with van der Waals surface area (Å²) < 4.78 is 90.3. The minimum atomic E-state index is -5.09. The van der Waals surface area contributed by atoms with Crippen LogP contribution in [0.4, 0.5) is 22.0 Å². The highest BCUT2D eigenvalue weighted by Gasteiger charge is 2.35. The molecule has 11 heteroatoms. The van der Waals surface area contributed by atoms with E-state index in [0.29, 0.717) is 0 Å². The Balaban J connectivity index is 2.03. The zero-order valence-electron chi connectivity index (χ0n) is 12.5. The first-order valence-corrected chi connectivity index (χ1v) is 8.93. The van der Waals surface area contributed by atoms with Gasteiger partial charge in [-0.25, -0.2) is 22.2 Å². The van der Waals surface area contributed by atoms with Crippen LogP contribution in [0.3, 0.4) is 0 Å². The number of alkyl halides is 3. The molecule has 0 unspecified atom stereocenters. The number of benzene rings is 1. The van der Waals surface area contributed by atoms with E-state index < -0.39 is 44.5 Å². The van der Waals surface area contributed by atoms with Crippen LogP contribution in [0.15, 0.2) is 35.4 Å².